The molecule has 0 aliphatic rings. The van der Waals surface area contributed by atoms with Crippen molar-refractivity contribution in [2.45, 2.75) is 13.3 Å². The second kappa shape index (κ2) is 4.99. The summed E-state index contributed by atoms with van der Waals surface area (Å²) in [7, 11) is 0. The largest absolute Gasteiger partial charge is 0.301 e. The number of rotatable bonds is 2. The number of fused-ring (bicyclic) bond motifs is 1. The van der Waals surface area contributed by atoms with Crippen LogP contribution in [0.2, 0.25) is 5.02 Å². The molecule has 1 aromatic carbocycles. The van der Waals surface area contributed by atoms with Crippen LogP contribution >= 0.6 is 11.6 Å². The van der Waals surface area contributed by atoms with E-state index in [1.807, 2.05) is 41.7 Å². The molecule has 3 nitrogen and oxygen atoms in total. The van der Waals surface area contributed by atoms with Crippen LogP contribution in [0.3, 0.4) is 0 Å². The van der Waals surface area contributed by atoms with Crippen LogP contribution in [0.25, 0.3) is 16.9 Å². The minimum Gasteiger partial charge on any atom is -0.301 e. The zero-order valence-electron chi connectivity index (χ0n) is 11.0. The van der Waals surface area contributed by atoms with Crippen molar-refractivity contribution in [3.8, 4) is 17.3 Å². The van der Waals surface area contributed by atoms with Crippen molar-refractivity contribution >= 4 is 17.2 Å². The smallest absolute Gasteiger partial charge is 0.137 e. The Hall–Kier alpha value is -2.31. The molecule has 0 atom stereocenters. The van der Waals surface area contributed by atoms with Gasteiger partial charge in [-0.3, -0.25) is 0 Å². The van der Waals surface area contributed by atoms with Crippen LogP contribution in [0.15, 0.2) is 42.6 Å². The Morgan fingerprint density at radius 3 is 2.65 bits per heavy atom. The van der Waals surface area contributed by atoms with Gasteiger partial charge in [0, 0.05) is 11.8 Å². The fourth-order valence-electron chi connectivity index (χ4n) is 2.25. The first-order chi connectivity index (χ1) is 9.69. The third-order valence-electron chi connectivity index (χ3n) is 3.25. The van der Waals surface area contributed by atoms with Crippen LogP contribution in [-0.2, 0) is 6.42 Å². The molecule has 0 saturated heterocycles. The van der Waals surface area contributed by atoms with Crippen LogP contribution in [0, 0.1) is 18.3 Å². The molecule has 3 aromatic rings. The molecule has 2 heterocycles. The van der Waals surface area contributed by atoms with Crippen molar-refractivity contribution in [3.05, 3.63) is 58.9 Å². The summed E-state index contributed by atoms with van der Waals surface area (Å²) in [4.78, 5) is 4.63. The molecule has 0 spiro atoms. The lowest BCUT2D eigenvalue weighted by Gasteiger charge is -2.02. The number of pyridine rings is 1. The van der Waals surface area contributed by atoms with Crippen LogP contribution in [0.5, 0.6) is 0 Å². The minimum atomic E-state index is 0.296. The number of aryl methyl sites for hydroxylation is 1. The Kier molecular flexibility index (Phi) is 3.17. The van der Waals surface area contributed by atoms with Crippen molar-refractivity contribution in [2.24, 2.45) is 0 Å². The van der Waals surface area contributed by atoms with E-state index in [2.05, 4.69) is 11.1 Å². The van der Waals surface area contributed by atoms with Crippen molar-refractivity contribution in [1.29, 1.82) is 5.26 Å². The van der Waals surface area contributed by atoms with Gasteiger partial charge in [0.2, 0.25) is 0 Å². The van der Waals surface area contributed by atoms with Crippen LogP contribution < -0.4 is 0 Å². The van der Waals surface area contributed by atoms with E-state index >= 15 is 0 Å². The lowest BCUT2D eigenvalue weighted by molar-refractivity contribution is 1.06. The number of imidazole rings is 1. The fraction of sp³-hybridized carbons (Fsp3) is 0.125. The molecule has 0 bridgehead atoms. The number of hydrogen-bond donors (Lipinski definition) is 0. The standard InChI is InChI=1S/C16H12ClN3/c1-11-2-4-12(5-3-11)16-14(8-9-18)20-10-13(17)6-7-15(20)19-16/h2-7,10H,8H2,1H3. The van der Waals surface area contributed by atoms with E-state index in [-0.39, 0.29) is 0 Å². The van der Waals surface area contributed by atoms with Gasteiger partial charge >= 0.3 is 0 Å². The van der Waals surface area contributed by atoms with Crippen molar-refractivity contribution < 1.29 is 0 Å². The van der Waals surface area contributed by atoms with Gasteiger partial charge in [0.05, 0.1) is 28.9 Å². The Morgan fingerprint density at radius 1 is 1.20 bits per heavy atom. The zero-order valence-corrected chi connectivity index (χ0v) is 11.7. The molecule has 2 aromatic heterocycles. The van der Waals surface area contributed by atoms with Gasteiger partial charge in [0.1, 0.15) is 5.65 Å². The van der Waals surface area contributed by atoms with Crippen LogP contribution in [-0.4, -0.2) is 9.38 Å². The Morgan fingerprint density at radius 2 is 1.95 bits per heavy atom. The van der Waals surface area contributed by atoms with Gasteiger partial charge in [-0.25, -0.2) is 4.98 Å². The minimum absolute atomic E-state index is 0.296. The van der Waals surface area contributed by atoms with Gasteiger partial charge in [0.15, 0.2) is 0 Å². The quantitative estimate of drug-likeness (QED) is 0.711. The first-order valence-corrected chi connectivity index (χ1v) is 6.67. The number of halogens is 1. The summed E-state index contributed by atoms with van der Waals surface area (Å²) >= 11 is 6.04. The van der Waals surface area contributed by atoms with E-state index in [4.69, 9.17) is 16.9 Å². The highest BCUT2D eigenvalue weighted by Gasteiger charge is 2.13. The molecular weight excluding hydrogens is 270 g/mol. The number of hydrogen-bond acceptors (Lipinski definition) is 2. The number of benzene rings is 1. The molecule has 0 radical (unpaired) electrons. The van der Waals surface area contributed by atoms with E-state index in [1.165, 1.54) is 5.56 Å². The van der Waals surface area contributed by atoms with Gasteiger partial charge < -0.3 is 4.40 Å². The molecule has 0 N–H and O–H groups in total. The second-order valence-corrected chi connectivity index (χ2v) is 5.12. The van der Waals surface area contributed by atoms with Gasteiger partial charge in [-0.1, -0.05) is 41.4 Å². The SMILES string of the molecule is Cc1ccc(-c2nc3ccc(Cl)cn3c2CC#N)cc1. The molecule has 0 unspecified atom stereocenters. The van der Waals surface area contributed by atoms with Crippen molar-refractivity contribution in [3.63, 3.8) is 0 Å². The molecule has 3 rings (SSSR count). The van der Waals surface area contributed by atoms with Crippen LogP contribution in [0.4, 0.5) is 0 Å². The number of aromatic nitrogens is 2. The molecular formula is C16H12ClN3. The summed E-state index contributed by atoms with van der Waals surface area (Å²) in [5.41, 5.74) is 4.72. The van der Waals surface area contributed by atoms with Gasteiger partial charge in [-0.2, -0.15) is 5.26 Å². The van der Waals surface area contributed by atoms with Crippen LogP contribution in [0.1, 0.15) is 11.3 Å². The third-order valence-corrected chi connectivity index (χ3v) is 3.48. The lowest BCUT2D eigenvalue weighted by Crippen LogP contribution is -1.93. The molecule has 0 fully saturated rings. The Balaban J connectivity index is 2.26. The maximum atomic E-state index is 9.06. The predicted octanol–water partition coefficient (Wildman–Crippen LogP) is 4.03. The first-order valence-electron chi connectivity index (χ1n) is 6.29. The highest BCUT2D eigenvalue weighted by Crippen LogP contribution is 2.26. The van der Waals surface area contributed by atoms with E-state index in [0.29, 0.717) is 11.4 Å². The highest BCUT2D eigenvalue weighted by molar-refractivity contribution is 6.30. The first kappa shape index (κ1) is 12.7. The molecule has 20 heavy (non-hydrogen) atoms. The van der Waals surface area contributed by atoms with E-state index in [9.17, 15) is 0 Å². The topological polar surface area (TPSA) is 41.1 Å². The van der Waals surface area contributed by atoms with E-state index in [0.717, 1.165) is 22.6 Å². The molecule has 0 saturated carbocycles. The molecule has 98 valence electrons. The summed E-state index contributed by atoms with van der Waals surface area (Å²) in [6.07, 6.45) is 2.10. The summed E-state index contributed by atoms with van der Waals surface area (Å²) in [5, 5.41) is 9.69. The summed E-state index contributed by atoms with van der Waals surface area (Å²) in [5.74, 6) is 0. The predicted molar refractivity (Wildman–Crippen MR) is 79.7 cm³/mol. The zero-order chi connectivity index (χ0) is 14.1. The normalized spacial score (nSPS) is 10.7. The van der Waals surface area contributed by atoms with E-state index in [1.54, 1.807) is 12.3 Å². The lowest BCUT2D eigenvalue weighted by atomic mass is 10.1. The number of nitriles is 1. The third kappa shape index (κ3) is 2.15. The fourth-order valence-corrected chi connectivity index (χ4v) is 2.41. The maximum Gasteiger partial charge on any atom is 0.137 e. The maximum absolute atomic E-state index is 9.06. The Labute approximate surface area is 122 Å². The molecule has 4 heteroatoms. The second-order valence-electron chi connectivity index (χ2n) is 4.68. The van der Waals surface area contributed by atoms with Crippen molar-refractivity contribution in [1.82, 2.24) is 9.38 Å². The van der Waals surface area contributed by atoms with Gasteiger partial charge in [-0.15, -0.1) is 0 Å². The molecule has 0 aliphatic heterocycles. The Bertz CT molecular complexity index is 810. The number of nitrogens with zero attached hydrogens (tertiary/aromatic N) is 3. The molecule has 0 amide bonds. The monoisotopic (exact) mass is 281 g/mol. The van der Waals surface area contributed by atoms with Crippen molar-refractivity contribution in [2.75, 3.05) is 0 Å². The molecule has 0 aliphatic carbocycles. The van der Waals surface area contributed by atoms with Gasteiger partial charge in [-0.05, 0) is 19.1 Å². The van der Waals surface area contributed by atoms with Gasteiger partial charge in [0.25, 0.3) is 0 Å². The summed E-state index contributed by atoms with van der Waals surface area (Å²) in [6.45, 7) is 2.05. The van der Waals surface area contributed by atoms with E-state index < -0.39 is 0 Å². The highest BCUT2D eigenvalue weighted by atomic mass is 35.5. The average Bonchev–Trinajstić information content (AvgIpc) is 2.79. The average molecular weight is 282 g/mol. The summed E-state index contributed by atoms with van der Waals surface area (Å²) < 4.78 is 1.89. The summed E-state index contributed by atoms with van der Waals surface area (Å²) in [6, 6.07) is 14.0.